The largest absolute Gasteiger partial charge is 0.508 e. The standard InChI is InChI=1S/C41H49F2N9O4/c1-4-14-49-25-38(54)51-36(16-27-10-12-32(53)18-34(27)43)40(55)48(24-37(51)52(49)41(56)44-19-26-8-6-5-7-9-26)21-29-11-13-33(42)39(45-29)47-22-31(23-47)50-20-28-15-30(50)17-35(28)46(2)3/h4-13,18,28,30-31,35-37,53H,1,14-17,19-25H2,2-3H3,(H,44,56)/t28-,30?,35?,36-,37-/m0/s1. The van der Waals surface area contributed by atoms with E-state index in [2.05, 4.69) is 35.8 Å². The van der Waals surface area contributed by atoms with Crippen molar-refractivity contribution in [1.82, 2.24) is 39.9 Å². The zero-order valence-corrected chi connectivity index (χ0v) is 31.8. The fourth-order valence-electron chi connectivity index (χ4n) is 9.46. The number of nitrogens with one attached hydrogen (secondary N) is 1. The lowest BCUT2D eigenvalue weighted by molar-refractivity contribution is -0.189. The summed E-state index contributed by atoms with van der Waals surface area (Å²) in [6.45, 7) is 6.30. The first-order valence-corrected chi connectivity index (χ1v) is 19.4. The van der Waals surface area contributed by atoms with E-state index in [0.717, 1.165) is 24.6 Å². The van der Waals surface area contributed by atoms with Gasteiger partial charge in [0.25, 0.3) is 0 Å². The van der Waals surface area contributed by atoms with Gasteiger partial charge in [0.05, 0.1) is 25.3 Å². The summed E-state index contributed by atoms with van der Waals surface area (Å²) in [6.07, 6.45) is 2.79. The minimum Gasteiger partial charge on any atom is -0.508 e. The van der Waals surface area contributed by atoms with Crippen LogP contribution in [0.4, 0.5) is 19.4 Å². The van der Waals surface area contributed by atoms with Crippen LogP contribution in [0.3, 0.4) is 0 Å². The Labute approximate surface area is 325 Å². The number of rotatable bonds is 11. The Bertz CT molecular complexity index is 1980. The summed E-state index contributed by atoms with van der Waals surface area (Å²) in [5.74, 6) is -1.41. The molecule has 13 nitrogen and oxygen atoms in total. The highest BCUT2D eigenvalue weighted by Gasteiger charge is 2.52. The molecule has 5 aliphatic rings. The van der Waals surface area contributed by atoms with Crippen LogP contribution in [0.15, 0.2) is 73.3 Å². The van der Waals surface area contributed by atoms with Crippen LogP contribution in [0.5, 0.6) is 5.75 Å². The van der Waals surface area contributed by atoms with Gasteiger partial charge in [0.1, 0.15) is 23.8 Å². The number of phenols is 1. The molecular formula is C41H49F2N9O4. The highest BCUT2D eigenvalue weighted by molar-refractivity contribution is 5.91. The predicted molar refractivity (Wildman–Crippen MR) is 205 cm³/mol. The lowest BCUT2D eigenvalue weighted by Gasteiger charge is -2.55. The third-order valence-electron chi connectivity index (χ3n) is 12.2. The maximum Gasteiger partial charge on any atom is 0.334 e. The van der Waals surface area contributed by atoms with Gasteiger partial charge in [-0.15, -0.1) is 6.58 Å². The molecule has 296 valence electrons. The number of piperidine rings is 1. The van der Waals surface area contributed by atoms with E-state index in [1.807, 2.05) is 35.2 Å². The van der Waals surface area contributed by atoms with Gasteiger partial charge in [0.15, 0.2) is 11.6 Å². The number of likely N-dealkylation sites (tertiary alicyclic amines) is 1. The molecule has 1 aromatic heterocycles. The second kappa shape index (κ2) is 15.4. The molecule has 2 bridgehead atoms. The summed E-state index contributed by atoms with van der Waals surface area (Å²) in [4.78, 5) is 57.0. The number of piperazine rings is 1. The lowest BCUT2D eigenvalue weighted by Crippen LogP contribution is -2.76. The summed E-state index contributed by atoms with van der Waals surface area (Å²) in [5, 5.41) is 15.9. The van der Waals surface area contributed by atoms with Gasteiger partial charge in [-0.05, 0) is 62.2 Å². The van der Waals surface area contributed by atoms with E-state index in [0.29, 0.717) is 42.8 Å². The minimum absolute atomic E-state index is 0.0286. The van der Waals surface area contributed by atoms with Crippen molar-refractivity contribution in [2.24, 2.45) is 5.92 Å². The van der Waals surface area contributed by atoms with Crippen LogP contribution in [0.25, 0.3) is 0 Å². The number of aromatic hydroxyl groups is 1. The van der Waals surface area contributed by atoms with Crippen molar-refractivity contribution in [3.63, 3.8) is 0 Å². The van der Waals surface area contributed by atoms with Crippen LogP contribution in [0.2, 0.25) is 0 Å². The van der Waals surface area contributed by atoms with Gasteiger partial charge in [-0.1, -0.05) is 42.5 Å². The van der Waals surface area contributed by atoms with Crippen molar-refractivity contribution in [1.29, 1.82) is 0 Å². The predicted octanol–water partition coefficient (Wildman–Crippen LogP) is 3.02. The molecule has 5 fully saturated rings. The zero-order chi connectivity index (χ0) is 39.2. The summed E-state index contributed by atoms with van der Waals surface area (Å²) in [6, 6.07) is 15.8. The Hall–Kier alpha value is -5.12. The van der Waals surface area contributed by atoms with E-state index in [4.69, 9.17) is 4.98 Å². The number of amides is 4. The van der Waals surface area contributed by atoms with E-state index in [1.165, 1.54) is 39.4 Å². The smallest absolute Gasteiger partial charge is 0.334 e. The Morgan fingerprint density at radius 3 is 2.48 bits per heavy atom. The fourth-order valence-corrected chi connectivity index (χ4v) is 9.46. The average molecular weight is 770 g/mol. The molecule has 4 aliphatic heterocycles. The van der Waals surface area contributed by atoms with Crippen LogP contribution in [0.1, 0.15) is 29.7 Å². The molecule has 4 amide bonds. The number of pyridine rings is 1. The Kier molecular flexibility index (Phi) is 10.4. The first-order chi connectivity index (χ1) is 27.0. The molecule has 2 unspecified atom stereocenters. The van der Waals surface area contributed by atoms with Crippen LogP contribution < -0.4 is 10.2 Å². The summed E-state index contributed by atoms with van der Waals surface area (Å²) in [5.41, 5.74) is 1.45. The highest BCUT2D eigenvalue weighted by atomic mass is 19.1. The molecule has 56 heavy (non-hydrogen) atoms. The number of urea groups is 1. The number of aromatic nitrogens is 1. The molecule has 3 aromatic rings. The van der Waals surface area contributed by atoms with Crippen LogP contribution in [-0.2, 0) is 29.1 Å². The van der Waals surface area contributed by atoms with Crippen molar-refractivity contribution in [3.05, 3.63) is 102 Å². The molecule has 5 heterocycles. The maximum atomic E-state index is 15.4. The maximum absolute atomic E-state index is 15.4. The van der Waals surface area contributed by atoms with E-state index in [9.17, 15) is 19.5 Å². The normalized spacial score (nSPS) is 25.6. The fraction of sp³-hybridized carbons (Fsp3) is 0.463. The number of fused-ring (bicyclic) bond motifs is 3. The molecule has 4 saturated heterocycles. The Balaban J connectivity index is 1.05. The monoisotopic (exact) mass is 769 g/mol. The molecule has 2 N–H and O–H groups in total. The average Bonchev–Trinajstić information content (AvgIpc) is 3.76. The third kappa shape index (κ3) is 7.19. The molecule has 15 heteroatoms. The van der Waals surface area contributed by atoms with Crippen molar-refractivity contribution < 1.29 is 28.3 Å². The van der Waals surface area contributed by atoms with Gasteiger partial charge in [-0.2, -0.15) is 0 Å². The van der Waals surface area contributed by atoms with Crippen molar-refractivity contribution in [3.8, 4) is 5.75 Å². The lowest BCUT2D eigenvalue weighted by atomic mass is 9.98. The quantitative estimate of drug-likeness (QED) is 0.284. The second-order valence-corrected chi connectivity index (χ2v) is 15.9. The molecule has 8 rings (SSSR count). The van der Waals surface area contributed by atoms with Gasteiger partial charge in [-0.3, -0.25) is 14.5 Å². The highest BCUT2D eigenvalue weighted by Crippen LogP contribution is 2.42. The second-order valence-electron chi connectivity index (χ2n) is 15.9. The van der Waals surface area contributed by atoms with Gasteiger partial charge < -0.3 is 30.0 Å². The molecule has 0 radical (unpaired) electrons. The topological polar surface area (TPSA) is 119 Å². The molecule has 5 atom stereocenters. The number of hydrazine groups is 1. The molecule has 1 saturated carbocycles. The number of carbonyl (C=O) groups excluding carboxylic acids is 3. The Morgan fingerprint density at radius 1 is 1.00 bits per heavy atom. The van der Waals surface area contributed by atoms with Crippen molar-refractivity contribution in [2.45, 2.75) is 62.7 Å². The minimum atomic E-state index is -1.19. The number of phenolic OH excluding ortho intramolecular Hbond substituents is 1. The SMILES string of the molecule is C=CCN1CC(=O)N2[C@@H](Cc3ccc(O)cc3F)C(=O)N(Cc3ccc(F)c(N4CC(N5C[C@@H]6CC5CC6N(C)C)C4)n3)C[C@@H]2N1C(=O)NCc1ccccc1. The van der Waals surface area contributed by atoms with Crippen molar-refractivity contribution in [2.75, 3.05) is 58.3 Å². The van der Waals surface area contributed by atoms with E-state index < -0.39 is 41.7 Å². The van der Waals surface area contributed by atoms with Crippen LogP contribution in [-0.4, -0.2) is 141 Å². The van der Waals surface area contributed by atoms with Crippen LogP contribution >= 0.6 is 0 Å². The molecule has 2 aromatic carbocycles. The summed E-state index contributed by atoms with van der Waals surface area (Å²) < 4.78 is 30.6. The molecule has 1 aliphatic carbocycles. The molecule has 0 spiro atoms. The molecular weight excluding hydrogens is 721 g/mol. The van der Waals surface area contributed by atoms with Gasteiger partial charge >= 0.3 is 6.03 Å². The first kappa shape index (κ1) is 37.8. The Morgan fingerprint density at radius 2 is 1.79 bits per heavy atom. The van der Waals surface area contributed by atoms with E-state index in [-0.39, 0.29) is 56.3 Å². The number of hydrogen-bond donors (Lipinski definition) is 2. The van der Waals surface area contributed by atoms with Gasteiger partial charge in [0.2, 0.25) is 11.8 Å². The zero-order valence-electron chi connectivity index (χ0n) is 31.8. The van der Waals surface area contributed by atoms with Crippen LogP contribution in [0, 0.1) is 17.6 Å². The third-order valence-corrected chi connectivity index (χ3v) is 12.2. The number of hydrogen-bond acceptors (Lipinski definition) is 9. The van der Waals surface area contributed by atoms with Gasteiger partial charge in [0, 0.05) is 63.3 Å². The number of anilines is 1. The first-order valence-electron chi connectivity index (χ1n) is 19.4. The summed E-state index contributed by atoms with van der Waals surface area (Å²) >= 11 is 0. The number of halogens is 2. The number of nitrogens with zero attached hydrogens (tertiary/aromatic N) is 8. The number of benzene rings is 2. The van der Waals surface area contributed by atoms with Gasteiger partial charge in [-0.25, -0.2) is 28.6 Å². The van der Waals surface area contributed by atoms with Crippen molar-refractivity contribution >= 4 is 23.7 Å². The summed E-state index contributed by atoms with van der Waals surface area (Å²) in [7, 11) is 4.30. The van der Waals surface area contributed by atoms with E-state index in [1.54, 1.807) is 17.2 Å². The number of carbonyl (C=O) groups is 3. The van der Waals surface area contributed by atoms with E-state index >= 15 is 8.78 Å².